The fourth-order valence-electron chi connectivity index (χ4n) is 2.59. The zero-order valence-electron chi connectivity index (χ0n) is 14.6. The number of ether oxygens (including phenoxy) is 1. The van der Waals surface area contributed by atoms with E-state index in [4.69, 9.17) is 9.73 Å². The fraction of sp³-hybridized carbons (Fsp3) is 0.750. The van der Waals surface area contributed by atoms with Gasteiger partial charge < -0.3 is 15.0 Å². The predicted molar refractivity (Wildman–Crippen MR) is 115 cm³/mol. The molecule has 1 aromatic heterocycles. The number of halogens is 1. The molecule has 8 heteroatoms. The molecule has 24 heavy (non-hydrogen) atoms. The number of piperidine rings is 1. The van der Waals surface area contributed by atoms with Crippen molar-refractivity contribution < 1.29 is 4.74 Å². The standard InChI is InChI=1S/C16H28N4OS2.HI/c1-3-17-15(20-10-6-14(7-11-20)21-4-2)18-8-5-12-22-16-19-9-13-23-16;/h9,13-14H,3-8,10-12H2,1-2H3,(H,17,18);1H. The maximum absolute atomic E-state index is 5.72. The van der Waals surface area contributed by atoms with Gasteiger partial charge in [0.05, 0.1) is 6.10 Å². The Morgan fingerprint density at radius 2 is 2.25 bits per heavy atom. The Morgan fingerprint density at radius 3 is 2.88 bits per heavy atom. The van der Waals surface area contributed by atoms with Gasteiger partial charge in [-0.15, -0.1) is 35.3 Å². The highest BCUT2D eigenvalue weighted by molar-refractivity contribution is 14.0. The molecular formula is C16H29IN4OS2. The zero-order chi connectivity index (χ0) is 16.3. The molecule has 2 heterocycles. The van der Waals surface area contributed by atoms with Crippen molar-refractivity contribution in [3.05, 3.63) is 11.6 Å². The topological polar surface area (TPSA) is 49.8 Å². The van der Waals surface area contributed by atoms with Crippen LogP contribution in [0.25, 0.3) is 0 Å². The van der Waals surface area contributed by atoms with E-state index in [1.807, 2.05) is 23.3 Å². The Bertz CT molecular complexity index is 451. The maximum atomic E-state index is 5.72. The van der Waals surface area contributed by atoms with Crippen LogP contribution in [0, 0.1) is 0 Å². The monoisotopic (exact) mass is 484 g/mol. The van der Waals surface area contributed by atoms with E-state index >= 15 is 0 Å². The minimum Gasteiger partial charge on any atom is -0.378 e. The van der Waals surface area contributed by atoms with Crippen molar-refractivity contribution in [1.82, 2.24) is 15.2 Å². The van der Waals surface area contributed by atoms with Crippen molar-refractivity contribution in [3.63, 3.8) is 0 Å². The number of guanidine groups is 1. The fourth-order valence-corrected chi connectivity index (χ4v) is 4.22. The molecule has 5 nitrogen and oxygen atoms in total. The molecule has 1 N–H and O–H groups in total. The summed E-state index contributed by atoms with van der Waals surface area (Å²) >= 11 is 3.53. The van der Waals surface area contributed by atoms with Gasteiger partial charge in [0.15, 0.2) is 5.96 Å². The minimum atomic E-state index is 0. The van der Waals surface area contributed by atoms with Gasteiger partial charge in [-0.1, -0.05) is 11.8 Å². The predicted octanol–water partition coefficient (Wildman–Crippen LogP) is 3.71. The van der Waals surface area contributed by atoms with Gasteiger partial charge in [-0.2, -0.15) is 0 Å². The molecule has 1 fully saturated rings. The van der Waals surface area contributed by atoms with Gasteiger partial charge in [0.2, 0.25) is 0 Å². The second kappa shape index (κ2) is 13.2. The van der Waals surface area contributed by atoms with E-state index in [1.165, 1.54) is 0 Å². The molecule has 0 aromatic carbocycles. The van der Waals surface area contributed by atoms with Gasteiger partial charge >= 0.3 is 0 Å². The van der Waals surface area contributed by atoms with E-state index in [2.05, 4.69) is 29.0 Å². The molecule has 0 atom stereocenters. The lowest BCUT2D eigenvalue weighted by atomic mass is 10.1. The lowest BCUT2D eigenvalue weighted by Crippen LogP contribution is -2.47. The van der Waals surface area contributed by atoms with Crippen LogP contribution in [0.4, 0.5) is 0 Å². The van der Waals surface area contributed by atoms with Crippen LogP contribution in [0.15, 0.2) is 20.9 Å². The Kier molecular flexibility index (Phi) is 12.1. The molecule has 0 bridgehead atoms. The first-order valence-electron chi connectivity index (χ1n) is 8.50. The van der Waals surface area contributed by atoms with Gasteiger partial charge in [-0.3, -0.25) is 4.99 Å². The highest BCUT2D eigenvalue weighted by atomic mass is 127. The number of rotatable bonds is 8. The molecule has 2 rings (SSSR count). The summed E-state index contributed by atoms with van der Waals surface area (Å²) in [6.45, 7) is 8.86. The van der Waals surface area contributed by atoms with Crippen LogP contribution in [0.2, 0.25) is 0 Å². The molecule has 1 aliphatic rings. The molecule has 0 aliphatic carbocycles. The molecule has 0 amide bonds. The summed E-state index contributed by atoms with van der Waals surface area (Å²) in [5, 5.41) is 5.45. The average molecular weight is 484 g/mol. The van der Waals surface area contributed by atoms with Crippen molar-refractivity contribution in [2.75, 3.05) is 38.5 Å². The largest absolute Gasteiger partial charge is 0.378 e. The van der Waals surface area contributed by atoms with Crippen LogP contribution in [0.3, 0.4) is 0 Å². The van der Waals surface area contributed by atoms with Gasteiger partial charge in [0.1, 0.15) is 4.34 Å². The summed E-state index contributed by atoms with van der Waals surface area (Å²) in [7, 11) is 0. The SMILES string of the molecule is CCNC(=NCCCSc1nccs1)N1CCC(OCC)CC1.I. The van der Waals surface area contributed by atoms with Crippen LogP contribution in [-0.4, -0.2) is 60.5 Å². The number of nitrogens with one attached hydrogen (secondary N) is 1. The molecule has 1 aliphatic heterocycles. The number of thiazole rings is 1. The lowest BCUT2D eigenvalue weighted by Gasteiger charge is -2.34. The third-order valence-corrected chi connectivity index (χ3v) is 5.73. The maximum Gasteiger partial charge on any atom is 0.193 e. The van der Waals surface area contributed by atoms with Crippen molar-refractivity contribution in [3.8, 4) is 0 Å². The van der Waals surface area contributed by atoms with Crippen molar-refractivity contribution in [2.24, 2.45) is 4.99 Å². The highest BCUT2D eigenvalue weighted by Crippen LogP contribution is 2.20. The quantitative estimate of drug-likeness (QED) is 0.201. The van der Waals surface area contributed by atoms with Gasteiger partial charge in [-0.05, 0) is 33.1 Å². The van der Waals surface area contributed by atoms with E-state index in [1.54, 1.807) is 11.3 Å². The highest BCUT2D eigenvalue weighted by Gasteiger charge is 2.21. The first kappa shape index (κ1) is 22.0. The number of aromatic nitrogens is 1. The first-order chi connectivity index (χ1) is 11.3. The lowest BCUT2D eigenvalue weighted by molar-refractivity contribution is 0.0264. The van der Waals surface area contributed by atoms with Crippen LogP contribution in [0.5, 0.6) is 0 Å². The summed E-state index contributed by atoms with van der Waals surface area (Å²) in [6, 6.07) is 0. The number of nitrogens with zero attached hydrogens (tertiary/aromatic N) is 3. The molecule has 0 radical (unpaired) electrons. The second-order valence-electron chi connectivity index (χ2n) is 5.38. The smallest absolute Gasteiger partial charge is 0.193 e. The second-order valence-corrected chi connectivity index (χ2v) is 7.61. The number of hydrogen-bond acceptors (Lipinski definition) is 5. The van der Waals surface area contributed by atoms with Crippen LogP contribution in [0.1, 0.15) is 33.1 Å². The molecule has 1 saturated heterocycles. The van der Waals surface area contributed by atoms with E-state index in [0.29, 0.717) is 6.10 Å². The summed E-state index contributed by atoms with van der Waals surface area (Å²) in [6.07, 6.45) is 5.55. The summed E-state index contributed by atoms with van der Waals surface area (Å²) < 4.78 is 6.88. The number of likely N-dealkylation sites (tertiary alicyclic amines) is 1. The Labute approximate surface area is 171 Å². The number of aliphatic imine (C=N–C) groups is 1. The van der Waals surface area contributed by atoms with Crippen molar-refractivity contribution in [2.45, 2.75) is 43.6 Å². The van der Waals surface area contributed by atoms with Crippen LogP contribution >= 0.6 is 47.1 Å². The van der Waals surface area contributed by atoms with E-state index < -0.39 is 0 Å². The van der Waals surface area contributed by atoms with Gasteiger partial charge in [0, 0.05) is 50.1 Å². The zero-order valence-corrected chi connectivity index (χ0v) is 18.5. The molecule has 1 aromatic rings. The van der Waals surface area contributed by atoms with E-state index in [9.17, 15) is 0 Å². The van der Waals surface area contributed by atoms with Crippen LogP contribution < -0.4 is 5.32 Å². The Balaban J connectivity index is 0.00000288. The summed E-state index contributed by atoms with van der Waals surface area (Å²) in [5.41, 5.74) is 0. The molecule has 0 saturated carbocycles. The number of thioether (sulfide) groups is 1. The summed E-state index contributed by atoms with van der Waals surface area (Å²) in [4.78, 5) is 11.4. The Morgan fingerprint density at radius 1 is 1.46 bits per heavy atom. The molecule has 0 spiro atoms. The van der Waals surface area contributed by atoms with Crippen molar-refractivity contribution >= 4 is 53.0 Å². The van der Waals surface area contributed by atoms with Gasteiger partial charge in [0.25, 0.3) is 0 Å². The van der Waals surface area contributed by atoms with Crippen LogP contribution in [-0.2, 0) is 4.74 Å². The summed E-state index contributed by atoms with van der Waals surface area (Å²) in [5.74, 6) is 2.13. The third-order valence-electron chi connectivity index (χ3n) is 3.68. The minimum absolute atomic E-state index is 0. The number of hydrogen-bond donors (Lipinski definition) is 1. The third kappa shape index (κ3) is 7.88. The van der Waals surface area contributed by atoms with E-state index in [0.717, 1.165) is 68.1 Å². The molecular weight excluding hydrogens is 455 g/mol. The van der Waals surface area contributed by atoms with Crippen molar-refractivity contribution in [1.29, 1.82) is 0 Å². The first-order valence-corrected chi connectivity index (χ1v) is 10.4. The molecule has 138 valence electrons. The normalized spacial score (nSPS) is 16.1. The average Bonchev–Trinajstić information content (AvgIpc) is 3.08. The Hall–Kier alpha value is -0.0600. The van der Waals surface area contributed by atoms with E-state index in [-0.39, 0.29) is 24.0 Å². The molecule has 0 unspecified atom stereocenters. The van der Waals surface area contributed by atoms with Gasteiger partial charge in [-0.25, -0.2) is 4.98 Å².